The summed E-state index contributed by atoms with van der Waals surface area (Å²) >= 11 is 18.6. The Morgan fingerprint density at radius 1 is 0.905 bits per heavy atom. The first-order valence-electron chi connectivity index (χ1n) is 12.7. The number of amides is 1. The number of anilines is 1. The number of ether oxygens (including phenoxy) is 3. The third-order valence-corrected chi connectivity index (χ3v) is 6.69. The summed E-state index contributed by atoms with van der Waals surface area (Å²) in [5.74, 6) is 0.247. The van der Waals surface area contributed by atoms with Crippen LogP contribution in [0.5, 0.6) is 17.2 Å². The Bertz CT molecular complexity index is 1640. The van der Waals surface area contributed by atoms with Crippen molar-refractivity contribution in [3.63, 3.8) is 0 Å². The quantitative estimate of drug-likeness (QED) is 0.133. The fraction of sp³-hybridized carbons (Fsp3) is 0.125. The number of nitriles is 1. The molecular weight excluding hydrogens is 602 g/mol. The molecule has 4 aromatic rings. The van der Waals surface area contributed by atoms with Gasteiger partial charge in [-0.3, -0.25) is 4.79 Å². The molecule has 4 aromatic carbocycles. The van der Waals surface area contributed by atoms with Gasteiger partial charge < -0.3 is 19.5 Å². The Labute approximate surface area is 257 Å². The number of hydrogen-bond acceptors (Lipinski definition) is 5. The molecule has 42 heavy (non-hydrogen) atoms. The van der Waals surface area contributed by atoms with Crippen LogP contribution < -0.4 is 19.5 Å². The maximum absolute atomic E-state index is 13.2. The van der Waals surface area contributed by atoms with Crippen LogP contribution in [0.4, 0.5) is 10.1 Å². The number of benzene rings is 4. The van der Waals surface area contributed by atoms with Crippen LogP contribution in [0.3, 0.4) is 0 Å². The molecular formula is C32H24Cl3FN2O4. The van der Waals surface area contributed by atoms with Crippen LogP contribution in [0.15, 0.2) is 84.4 Å². The number of nitrogens with one attached hydrogen (secondary N) is 1. The van der Waals surface area contributed by atoms with Gasteiger partial charge in [0.25, 0.3) is 5.91 Å². The number of rotatable bonds is 11. The predicted molar refractivity (Wildman–Crippen MR) is 163 cm³/mol. The van der Waals surface area contributed by atoms with Gasteiger partial charge in [-0.2, -0.15) is 5.26 Å². The van der Waals surface area contributed by atoms with E-state index in [4.69, 9.17) is 49.0 Å². The molecule has 0 atom stereocenters. The number of hydrogen-bond donors (Lipinski definition) is 1. The smallest absolute Gasteiger partial charge is 0.266 e. The molecule has 6 nitrogen and oxygen atoms in total. The Hall–Kier alpha value is -4.22. The van der Waals surface area contributed by atoms with Crippen molar-refractivity contribution in [1.29, 1.82) is 5.26 Å². The average molecular weight is 626 g/mol. The number of carbonyl (C=O) groups excluding carboxylic acids is 1. The fourth-order valence-electron chi connectivity index (χ4n) is 3.76. The van der Waals surface area contributed by atoms with Crippen LogP contribution in [0, 0.1) is 17.1 Å². The van der Waals surface area contributed by atoms with Gasteiger partial charge in [-0.15, -0.1) is 0 Å². The van der Waals surface area contributed by atoms with Crippen LogP contribution >= 0.6 is 34.8 Å². The highest BCUT2D eigenvalue weighted by molar-refractivity contribution is 6.35. The minimum atomic E-state index is -0.607. The predicted octanol–water partition coefficient (Wildman–Crippen LogP) is 8.89. The lowest BCUT2D eigenvalue weighted by Gasteiger charge is -2.15. The Morgan fingerprint density at radius 3 is 2.31 bits per heavy atom. The third kappa shape index (κ3) is 8.40. The molecule has 1 N–H and O–H groups in total. The fourth-order valence-corrected chi connectivity index (χ4v) is 4.50. The van der Waals surface area contributed by atoms with E-state index in [1.54, 1.807) is 73.7 Å². The molecule has 0 radical (unpaired) electrons. The monoisotopic (exact) mass is 624 g/mol. The van der Waals surface area contributed by atoms with E-state index in [1.165, 1.54) is 18.2 Å². The van der Waals surface area contributed by atoms with Crippen molar-refractivity contribution in [1.82, 2.24) is 0 Å². The summed E-state index contributed by atoms with van der Waals surface area (Å²) in [5.41, 5.74) is 2.31. The standard InChI is InChI=1S/C32H24Cl3FN2O4/c1-2-40-30-15-21(14-29(35)31(30)42-18-20-3-7-25(36)8-4-20)13-23(17-37)32(39)38-26-9-11-27(12-10-26)41-19-22-5-6-24(33)16-28(22)34/h3-16H,2,18-19H2,1H3,(H,38,39)/b23-13+. The van der Waals surface area contributed by atoms with Crippen molar-refractivity contribution in [3.8, 4) is 23.3 Å². The van der Waals surface area contributed by atoms with Gasteiger partial charge in [0.2, 0.25) is 0 Å². The maximum Gasteiger partial charge on any atom is 0.266 e. The molecule has 0 aliphatic heterocycles. The van der Waals surface area contributed by atoms with E-state index in [9.17, 15) is 14.4 Å². The molecule has 0 aromatic heterocycles. The highest BCUT2D eigenvalue weighted by Crippen LogP contribution is 2.38. The molecule has 4 rings (SSSR count). The summed E-state index contributed by atoms with van der Waals surface area (Å²) in [6, 6.07) is 22.9. The summed E-state index contributed by atoms with van der Waals surface area (Å²) in [7, 11) is 0. The molecule has 0 spiro atoms. The first kappa shape index (κ1) is 30.7. The van der Waals surface area contributed by atoms with E-state index in [1.807, 2.05) is 6.07 Å². The van der Waals surface area contributed by atoms with Crippen molar-refractivity contribution in [3.05, 3.63) is 122 Å². The Kier molecular flexibility index (Phi) is 10.7. The van der Waals surface area contributed by atoms with Gasteiger partial charge in [-0.05, 0) is 84.8 Å². The zero-order valence-electron chi connectivity index (χ0n) is 22.3. The lowest BCUT2D eigenvalue weighted by atomic mass is 10.1. The molecule has 0 aliphatic rings. The van der Waals surface area contributed by atoms with Gasteiger partial charge in [-0.1, -0.05) is 53.0 Å². The van der Waals surface area contributed by atoms with E-state index in [0.29, 0.717) is 45.2 Å². The molecule has 10 heteroatoms. The van der Waals surface area contributed by atoms with Gasteiger partial charge in [0.15, 0.2) is 11.5 Å². The molecule has 0 saturated carbocycles. The topological polar surface area (TPSA) is 80.6 Å². The maximum atomic E-state index is 13.2. The molecule has 0 unspecified atom stereocenters. The Morgan fingerprint density at radius 2 is 1.64 bits per heavy atom. The second-order valence-electron chi connectivity index (χ2n) is 8.85. The minimum Gasteiger partial charge on any atom is -0.490 e. The molecule has 1 amide bonds. The van der Waals surface area contributed by atoms with Crippen LogP contribution in [0.25, 0.3) is 6.08 Å². The van der Waals surface area contributed by atoms with Crippen molar-refractivity contribution in [2.75, 3.05) is 11.9 Å². The van der Waals surface area contributed by atoms with E-state index < -0.39 is 5.91 Å². The second-order valence-corrected chi connectivity index (χ2v) is 10.1. The van der Waals surface area contributed by atoms with Crippen LogP contribution in [0.1, 0.15) is 23.6 Å². The normalized spacial score (nSPS) is 11.0. The van der Waals surface area contributed by atoms with Gasteiger partial charge in [0.1, 0.15) is 36.4 Å². The van der Waals surface area contributed by atoms with Gasteiger partial charge in [0.05, 0.1) is 11.6 Å². The van der Waals surface area contributed by atoms with E-state index in [-0.39, 0.29) is 29.6 Å². The molecule has 0 bridgehead atoms. The van der Waals surface area contributed by atoms with Gasteiger partial charge >= 0.3 is 0 Å². The van der Waals surface area contributed by atoms with Gasteiger partial charge in [0, 0.05) is 21.3 Å². The van der Waals surface area contributed by atoms with Crippen molar-refractivity contribution in [2.24, 2.45) is 0 Å². The van der Waals surface area contributed by atoms with Crippen LogP contribution in [-0.2, 0) is 18.0 Å². The van der Waals surface area contributed by atoms with Gasteiger partial charge in [-0.25, -0.2) is 4.39 Å². The summed E-state index contributed by atoms with van der Waals surface area (Å²) in [6.45, 7) is 2.51. The highest BCUT2D eigenvalue weighted by Gasteiger charge is 2.15. The van der Waals surface area contributed by atoms with Crippen molar-refractivity contribution in [2.45, 2.75) is 20.1 Å². The van der Waals surface area contributed by atoms with E-state index in [2.05, 4.69) is 5.32 Å². The molecule has 214 valence electrons. The Balaban J connectivity index is 1.43. The minimum absolute atomic E-state index is 0.139. The van der Waals surface area contributed by atoms with Crippen molar-refractivity contribution >= 4 is 52.5 Å². The van der Waals surface area contributed by atoms with Crippen LogP contribution in [-0.4, -0.2) is 12.5 Å². The van der Waals surface area contributed by atoms with Crippen molar-refractivity contribution < 1.29 is 23.4 Å². The number of carbonyl (C=O) groups is 1. The van der Waals surface area contributed by atoms with E-state index >= 15 is 0 Å². The molecule has 0 saturated heterocycles. The average Bonchev–Trinajstić information content (AvgIpc) is 2.97. The largest absolute Gasteiger partial charge is 0.490 e. The lowest BCUT2D eigenvalue weighted by molar-refractivity contribution is -0.112. The van der Waals surface area contributed by atoms with E-state index in [0.717, 1.165) is 11.1 Å². The summed E-state index contributed by atoms with van der Waals surface area (Å²) in [5, 5.41) is 13.7. The zero-order valence-corrected chi connectivity index (χ0v) is 24.6. The third-order valence-electron chi connectivity index (χ3n) is 5.83. The number of halogens is 4. The second kappa shape index (κ2) is 14.6. The highest BCUT2D eigenvalue weighted by atomic mass is 35.5. The van der Waals surface area contributed by atoms with Crippen LogP contribution in [0.2, 0.25) is 15.1 Å². The first-order chi connectivity index (χ1) is 20.2. The summed E-state index contributed by atoms with van der Waals surface area (Å²) in [6.07, 6.45) is 1.40. The summed E-state index contributed by atoms with van der Waals surface area (Å²) in [4.78, 5) is 12.9. The lowest BCUT2D eigenvalue weighted by Crippen LogP contribution is -2.13. The first-order valence-corrected chi connectivity index (χ1v) is 13.8. The molecule has 0 heterocycles. The number of nitrogens with zero attached hydrogens (tertiary/aromatic N) is 1. The molecule has 0 aliphatic carbocycles. The SMILES string of the molecule is CCOc1cc(/C=C(\C#N)C(=O)Nc2ccc(OCc3ccc(Cl)cc3Cl)cc2)cc(Cl)c1OCc1ccc(F)cc1. The molecule has 0 fully saturated rings. The zero-order chi connectivity index (χ0) is 30.1. The summed E-state index contributed by atoms with van der Waals surface area (Å²) < 4.78 is 30.5.